The van der Waals surface area contributed by atoms with Crippen LogP contribution >= 0.6 is 0 Å². The molecule has 2 unspecified atom stereocenters. The molecule has 4 N–H and O–H groups in total. The van der Waals surface area contributed by atoms with Crippen LogP contribution in [-0.2, 0) is 0 Å². The van der Waals surface area contributed by atoms with Gasteiger partial charge in [0.05, 0.1) is 6.10 Å². The number of aliphatic hydroxyl groups is 2. The Labute approximate surface area is 61.9 Å². The summed E-state index contributed by atoms with van der Waals surface area (Å²) in [6.07, 6.45) is 1.48. The largest absolute Gasteiger partial charge is 0.396 e. The molecule has 10 heavy (non-hydrogen) atoms. The summed E-state index contributed by atoms with van der Waals surface area (Å²) < 4.78 is 0. The molecular formula is C7H17NO2. The minimum Gasteiger partial charge on any atom is -0.396 e. The lowest BCUT2D eigenvalue weighted by molar-refractivity contribution is 0.118. The second-order valence-electron chi connectivity index (χ2n) is 2.57. The predicted octanol–water partition coefficient (Wildman–Crippen LogP) is -0.143. The average Bonchev–Trinajstić information content (AvgIpc) is 1.88. The Morgan fingerprint density at radius 3 is 2.50 bits per heavy atom. The Morgan fingerprint density at radius 1 is 1.50 bits per heavy atom. The molecule has 0 bridgehead atoms. The van der Waals surface area contributed by atoms with E-state index < -0.39 is 6.10 Å². The average molecular weight is 147 g/mol. The van der Waals surface area contributed by atoms with Gasteiger partial charge in [0, 0.05) is 12.6 Å². The third kappa shape index (κ3) is 4.73. The molecule has 0 aromatic heterocycles. The fourth-order valence-corrected chi connectivity index (χ4v) is 0.783. The molecule has 0 aromatic carbocycles. The van der Waals surface area contributed by atoms with Gasteiger partial charge in [0.1, 0.15) is 0 Å². The highest BCUT2D eigenvalue weighted by Crippen LogP contribution is 2.02. The second kappa shape index (κ2) is 5.65. The zero-order chi connectivity index (χ0) is 7.98. The molecule has 0 aliphatic carbocycles. The Morgan fingerprint density at radius 2 is 2.10 bits per heavy atom. The highest BCUT2D eigenvalue weighted by molar-refractivity contribution is 4.64. The highest BCUT2D eigenvalue weighted by Gasteiger charge is 2.07. The Hall–Kier alpha value is -0.120. The van der Waals surface area contributed by atoms with Crippen molar-refractivity contribution in [3.63, 3.8) is 0 Å². The van der Waals surface area contributed by atoms with Gasteiger partial charge >= 0.3 is 0 Å². The minimum atomic E-state index is -0.431. The predicted molar refractivity (Wildman–Crippen MR) is 40.6 cm³/mol. The van der Waals surface area contributed by atoms with E-state index in [1.54, 1.807) is 0 Å². The molecule has 2 atom stereocenters. The molecule has 3 nitrogen and oxygen atoms in total. The van der Waals surface area contributed by atoms with Crippen LogP contribution < -0.4 is 5.73 Å². The molecule has 0 heterocycles. The van der Waals surface area contributed by atoms with Crippen molar-refractivity contribution in [2.24, 2.45) is 5.73 Å². The fourth-order valence-electron chi connectivity index (χ4n) is 0.783. The van der Waals surface area contributed by atoms with Gasteiger partial charge in [0.2, 0.25) is 0 Å². The summed E-state index contributed by atoms with van der Waals surface area (Å²) >= 11 is 0. The van der Waals surface area contributed by atoms with Crippen LogP contribution in [0.15, 0.2) is 0 Å². The quantitative estimate of drug-likeness (QED) is 0.507. The SMILES string of the molecule is CCC(N)CC(O)CCO. The lowest BCUT2D eigenvalue weighted by Gasteiger charge is -2.13. The molecule has 0 radical (unpaired) electrons. The Kier molecular flexibility index (Phi) is 5.58. The van der Waals surface area contributed by atoms with Crippen molar-refractivity contribution in [1.29, 1.82) is 0 Å². The van der Waals surface area contributed by atoms with E-state index in [1.165, 1.54) is 0 Å². The number of aliphatic hydroxyl groups excluding tert-OH is 2. The van der Waals surface area contributed by atoms with Crippen LogP contribution in [0.3, 0.4) is 0 Å². The molecule has 0 amide bonds. The van der Waals surface area contributed by atoms with E-state index >= 15 is 0 Å². The molecule has 0 saturated heterocycles. The van der Waals surface area contributed by atoms with E-state index in [0.717, 1.165) is 6.42 Å². The summed E-state index contributed by atoms with van der Waals surface area (Å²) in [5.41, 5.74) is 5.56. The van der Waals surface area contributed by atoms with Crippen molar-refractivity contribution < 1.29 is 10.2 Å². The zero-order valence-corrected chi connectivity index (χ0v) is 6.45. The lowest BCUT2D eigenvalue weighted by Crippen LogP contribution is -2.25. The van der Waals surface area contributed by atoms with E-state index in [-0.39, 0.29) is 12.6 Å². The van der Waals surface area contributed by atoms with Crippen molar-refractivity contribution in [1.82, 2.24) is 0 Å². The molecule has 0 saturated carbocycles. The maximum atomic E-state index is 9.11. The van der Waals surface area contributed by atoms with Crippen molar-refractivity contribution >= 4 is 0 Å². The van der Waals surface area contributed by atoms with Gasteiger partial charge in [-0.3, -0.25) is 0 Å². The highest BCUT2D eigenvalue weighted by atomic mass is 16.3. The van der Waals surface area contributed by atoms with Crippen LogP contribution in [-0.4, -0.2) is 29.0 Å². The third-order valence-electron chi connectivity index (χ3n) is 1.56. The summed E-state index contributed by atoms with van der Waals surface area (Å²) in [5.74, 6) is 0. The first-order valence-corrected chi connectivity index (χ1v) is 3.75. The van der Waals surface area contributed by atoms with E-state index in [9.17, 15) is 0 Å². The molecule has 0 spiro atoms. The van der Waals surface area contributed by atoms with Crippen LogP contribution in [0.25, 0.3) is 0 Å². The van der Waals surface area contributed by atoms with E-state index in [1.807, 2.05) is 6.92 Å². The van der Waals surface area contributed by atoms with Gasteiger partial charge in [-0.2, -0.15) is 0 Å². The molecule has 0 aliphatic heterocycles. The monoisotopic (exact) mass is 147 g/mol. The first-order chi connectivity index (χ1) is 4.70. The van der Waals surface area contributed by atoms with Gasteiger partial charge in [0.15, 0.2) is 0 Å². The molecule has 3 heteroatoms. The molecule has 62 valence electrons. The summed E-state index contributed by atoms with van der Waals surface area (Å²) in [5, 5.41) is 17.5. The number of nitrogens with two attached hydrogens (primary N) is 1. The first kappa shape index (κ1) is 9.88. The Bertz CT molecular complexity index is 78.0. The van der Waals surface area contributed by atoms with Crippen LogP contribution in [0.2, 0.25) is 0 Å². The summed E-state index contributed by atoms with van der Waals surface area (Å²) in [7, 11) is 0. The van der Waals surface area contributed by atoms with E-state index in [4.69, 9.17) is 15.9 Å². The van der Waals surface area contributed by atoms with Gasteiger partial charge in [-0.1, -0.05) is 6.92 Å². The van der Waals surface area contributed by atoms with Crippen LogP contribution in [0.1, 0.15) is 26.2 Å². The van der Waals surface area contributed by atoms with Gasteiger partial charge in [-0.15, -0.1) is 0 Å². The van der Waals surface area contributed by atoms with Crippen LogP contribution in [0.5, 0.6) is 0 Å². The Balaban J connectivity index is 3.27. The smallest absolute Gasteiger partial charge is 0.0576 e. The maximum absolute atomic E-state index is 9.11. The van der Waals surface area contributed by atoms with Gasteiger partial charge in [0.25, 0.3) is 0 Å². The summed E-state index contributed by atoms with van der Waals surface area (Å²) in [6.45, 7) is 2.02. The van der Waals surface area contributed by atoms with Gasteiger partial charge in [-0.25, -0.2) is 0 Å². The van der Waals surface area contributed by atoms with Crippen molar-refractivity contribution in [2.75, 3.05) is 6.61 Å². The van der Waals surface area contributed by atoms with Gasteiger partial charge < -0.3 is 15.9 Å². The fraction of sp³-hybridized carbons (Fsp3) is 1.00. The minimum absolute atomic E-state index is 0.0393. The molecule has 0 rings (SSSR count). The second-order valence-corrected chi connectivity index (χ2v) is 2.57. The topological polar surface area (TPSA) is 66.5 Å². The lowest BCUT2D eigenvalue weighted by atomic mass is 10.1. The molecule has 0 fully saturated rings. The van der Waals surface area contributed by atoms with Gasteiger partial charge in [-0.05, 0) is 19.3 Å². The van der Waals surface area contributed by atoms with Crippen molar-refractivity contribution in [3.05, 3.63) is 0 Å². The third-order valence-corrected chi connectivity index (χ3v) is 1.56. The van der Waals surface area contributed by atoms with Crippen LogP contribution in [0.4, 0.5) is 0 Å². The van der Waals surface area contributed by atoms with Crippen LogP contribution in [0, 0.1) is 0 Å². The summed E-state index contributed by atoms with van der Waals surface area (Å²) in [6, 6.07) is 0.0709. The van der Waals surface area contributed by atoms with Crippen molar-refractivity contribution in [2.45, 2.75) is 38.3 Å². The zero-order valence-electron chi connectivity index (χ0n) is 6.45. The standard InChI is InChI=1S/C7H17NO2/c1-2-6(8)5-7(10)3-4-9/h6-7,9-10H,2-5,8H2,1H3. The molecule has 0 aliphatic rings. The summed E-state index contributed by atoms with van der Waals surface area (Å²) in [4.78, 5) is 0. The van der Waals surface area contributed by atoms with E-state index in [0.29, 0.717) is 12.8 Å². The molecule has 0 aromatic rings. The maximum Gasteiger partial charge on any atom is 0.0576 e. The number of rotatable bonds is 5. The number of hydrogen-bond donors (Lipinski definition) is 3. The molecular weight excluding hydrogens is 130 g/mol. The van der Waals surface area contributed by atoms with Crippen molar-refractivity contribution in [3.8, 4) is 0 Å². The number of hydrogen-bond acceptors (Lipinski definition) is 3. The normalized spacial score (nSPS) is 16.8. The first-order valence-electron chi connectivity index (χ1n) is 3.75. The van der Waals surface area contributed by atoms with E-state index in [2.05, 4.69) is 0 Å².